The first-order chi connectivity index (χ1) is 6.51. The molecule has 2 nitrogen and oxygen atoms in total. The molecule has 1 fully saturated rings. The van der Waals surface area contributed by atoms with Crippen molar-refractivity contribution in [1.82, 2.24) is 4.90 Å². The van der Waals surface area contributed by atoms with Crippen molar-refractivity contribution in [3.8, 4) is 0 Å². The highest BCUT2D eigenvalue weighted by molar-refractivity contribution is 5.74. The lowest BCUT2D eigenvalue weighted by Crippen LogP contribution is -2.68. The second-order valence-electron chi connectivity index (χ2n) is 6.96. The predicted molar refractivity (Wildman–Crippen MR) is 63.6 cm³/mol. The Labute approximate surface area is 94.0 Å². The van der Waals surface area contributed by atoms with Crippen LogP contribution in [0.15, 0.2) is 0 Å². The van der Waals surface area contributed by atoms with E-state index >= 15 is 0 Å². The normalized spacial score (nSPS) is 21.1. The third kappa shape index (κ3) is 1.79. The summed E-state index contributed by atoms with van der Waals surface area (Å²) in [7, 11) is 0. The molecule has 15 heavy (non-hydrogen) atoms. The van der Waals surface area contributed by atoms with Gasteiger partial charge in [0.1, 0.15) is 0 Å². The summed E-state index contributed by atoms with van der Waals surface area (Å²) in [6, 6.07) is 0. The van der Waals surface area contributed by atoms with Gasteiger partial charge in [-0.05, 0) is 10.8 Å². The second-order valence-corrected chi connectivity index (χ2v) is 6.96. The van der Waals surface area contributed by atoms with Gasteiger partial charge in [0, 0.05) is 25.4 Å². The zero-order valence-electron chi connectivity index (χ0n) is 11.3. The summed E-state index contributed by atoms with van der Waals surface area (Å²) < 4.78 is 0. The Kier molecular flexibility index (Phi) is 2.70. The number of nitrogens with zero attached hydrogens (tertiary/aromatic N) is 1. The molecular weight excluding hydrogens is 186 g/mol. The smallest absolute Gasteiger partial charge is 0.219 e. The number of hydrogen-bond acceptors (Lipinski definition) is 1. The summed E-state index contributed by atoms with van der Waals surface area (Å²) in [5, 5.41) is 0. The Morgan fingerprint density at radius 2 is 1.33 bits per heavy atom. The maximum absolute atomic E-state index is 11.3. The lowest BCUT2D eigenvalue weighted by Gasteiger charge is -2.63. The molecule has 2 heteroatoms. The van der Waals surface area contributed by atoms with Crippen molar-refractivity contribution in [1.29, 1.82) is 0 Å². The maximum Gasteiger partial charge on any atom is 0.219 e. The maximum atomic E-state index is 11.3. The lowest BCUT2D eigenvalue weighted by molar-refractivity contribution is -0.172. The Bertz CT molecular complexity index is 245. The minimum absolute atomic E-state index is 0.208. The van der Waals surface area contributed by atoms with Gasteiger partial charge in [0.2, 0.25) is 5.91 Å². The number of rotatable bonds is 0. The lowest BCUT2D eigenvalue weighted by atomic mass is 9.50. The molecule has 0 atom stereocenters. The van der Waals surface area contributed by atoms with E-state index in [0.717, 1.165) is 13.1 Å². The molecule has 0 aromatic heterocycles. The third-order valence-electron chi connectivity index (χ3n) is 4.24. The molecule has 0 spiro atoms. The van der Waals surface area contributed by atoms with Crippen LogP contribution in [-0.2, 0) is 4.79 Å². The molecule has 1 amide bonds. The molecule has 1 aliphatic rings. The molecule has 0 aromatic carbocycles. The molecule has 0 radical (unpaired) electrons. The first-order valence-electron chi connectivity index (χ1n) is 5.77. The van der Waals surface area contributed by atoms with E-state index in [0.29, 0.717) is 0 Å². The minimum Gasteiger partial charge on any atom is -0.342 e. The molecule has 0 N–H and O–H groups in total. The topological polar surface area (TPSA) is 20.3 Å². The first-order valence-corrected chi connectivity index (χ1v) is 5.77. The van der Waals surface area contributed by atoms with Crippen LogP contribution >= 0.6 is 0 Å². The van der Waals surface area contributed by atoms with Crippen molar-refractivity contribution in [2.75, 3.05) is 13.1 Å². The number of likely N-dealkylation sites (tertiary alicyclic amines) is 1. The highest BCUT2D eigenvalue weighted by Gasteiger charge is 2.58. The number of amides is 1. The van der Waals surface area contributed by atoms with Gasteiger partial charge in [0.15, 0.2) is 0 Å². The second kappa shape index (κ2) is 3.23. The standard InChI is InChI=1S/C13H25NO/c1-10(15)14-8-13(9-14,11(2,3)4)12(5,6)7/h8-9H2,1-7H3. The van der Waals surface area contributed by atoms with Gasteiger partial charge in [-0.3, -0.25) is 4.79 Å². The van der Waals surface area contributed by atoms with Crippen molar-refractivity contribution < 1.29 is 4.79 Å². The zero-order chi connectivity index (χ0) is 12.1. The van der Waals surface area contributed by atoms with Crippen LogP contribution in [0, 0.1) is 16.2 Å². The van der Waals surface area contributed by atoms with Crippen LogP contribution in [-0.4, -0.2) is 23.9 Å². The Morgan fingerprint density at radius 3 is 1.53 bits per heavy atom. The number of hydrogen-bond donors (Lipinski definition) is 0. The fraction of sp³-hybridized carbons (Fsp3) is 0.923. The fourth-order valence-electron chi connectivity index (χ4n) is 2.90. The molecule has 0 aliphatic carbocycles. The molecule has 0 aromatic rings. The minimum atomic E-state index is 0.208. The van der Waals surface area contributed by atoms with Gasteiger partial charge in [-0.15, -0.1) is 0 Å². The van der Waals surface area contributed by atoms with Gasteiger partial charge < -0.3 is 4.90 Å². The highest BCUT2D eigenvalue weighted by Crippen LogP contribution is 2.56. The molecule has 1 rings (SSSR count). The fourth-order valence-corrected chi connectivity index (χ4v) is 2.90. The Morgan fingerprint density at radius 1 is 1.00 bits per heavy atom. The number of carbonyl (C=O) groups excluding carboxylic acids is 1. The molecule has 0 bridgehead atoms. The summed E-state index contributed by atoms with van der Waals surface area (Å²) in [5.74, 6) is 0.208. The van der Waals surface area contributed by atoms with E-state index in [9.17, 15) is 4.79 Å². The van der Waals surface area contributed by atoms with Gasteiger partial charge in [-0.1, -0.05) is 41.5 Å². The van der Waals surface area contributed by atoms with Crippen molar-refractivity contribution in [2.24, 2.45) is 16.2 Å². The van der Waals surface area contributed by atoms with E-state index in [1.54, 1.807) is 6.92 Å². The van der Waals surface area contributed by atoms with Crippen LogP contribution < -0.4 is 0 Å². The van der Waals surface area contributed by atoms with Crippen LogP contribution in [0.4, 0.5) is 0 Å². The van der Waals surface area contributed by atoms with E-state index in [1.165, 1.54) is 0 Å². The van der Waals surface area contributed by atoms with Gasteiger partial charge in [0.25, 0.3) is 0 Å². The van der Waals surface area contributed by atoms with Crippen LogP contribution in [0.25, 0.3) is 0 Å². The van der Waals surface area contributed by atoms with Crippen LogP contribution in [0.2, 0.25) is 0 Å². The Balaban J connectivity index is 2.92. The average molecular weight is 211 g/mol. The molecule has 1 heterocycles. The van der Waals surface area contributed by atoms with E-state index in [-0.39, 0.29) is 22.2 Å². The zero-order valence-corrected chi connectivity index (χ0v) is 11.3. The summed E-state index contributed by atoms with van der Waals surface area (Å²) in [4.78, 5) is 13.2. The van der Waals surface area contributed by atoms with E-state index in [4.69, 9.17) is 0 Å². The molecule has 1 aliphatic heterocycles. The monoisotopic (exact) mass is 211 g/mol. The predicted octanol–water partition coefficient (Wildman–Crippen LogP) is 2.93. The number of carbonyl (C=O) groups is 1. The van der Waals surface area contributed by atoms with Gasteiger partial charge >= 0.3 is 0 Å². The third-order valence-corrected chi connectivity index (χ3v) is 4.24. The summed E-state index contributed by atoms with van der Waals surface area (Å²) in [5.41, 5.74) is 0.750. The first kappa shape index (κ1) is 12.5. The van der Waals surface area contributed by atoms with E-state index in [2.05, 4.69) is 41.5 Å². The SMILES string of the molecule is CC(=O)N1CC(C(C)(C)C)(C(C)(C)C)C1. The summed E-state index contributed by atoms with van der Waals surface area (Å²) in [6.45, 7) is 17.2. The summed E-state index contributed by atoms with van der Waals surface area (Å²) in [6.07, 6.45) is 0. The largest absolute Gasteiger partial charge is 0.342 e. The van der Waals surface area contributed by atoms with Crippen molar-refractivity contribution in [3.05, 3.63) is 0 Å². The van der Waals surface area contributed by atoms with Crippen molar-refractivity contribution in [2.45, 2.75) is 48.5 Å². The van der Waals surface area contributed by atoms with Gasteiger partial charge in [0.05, 0.1) is 0 Å². The van der Waals surface area contributed by atoms with E-state index in [1.807, 2.05) is 4.90 Å². The van der Waals surface area contributed by atoms with Crippen LogP contribution in [0.1, 0.15) is 48.5 Å². The molecular formula is C13H25NO. The molecule has 88 valence electrons. The quantitative estimate of drug-likeness (QED) is 0.603. The highest BCUT2D eigenvalue weighted by atomic mass is 16.2. The van der Waals surface area contributed by atoms with E-state index < -0.39 is 0 Å². The molecule has 1 saturated heterocycles. The molecule has 0 saturated carbocycles. The summed E-state index contributed by atoms with van der Waals surface area (Å²) >= 11 is 0. The molecule has 0 unspecified atom stereocenters. The van der Waals surface area contributed by atoms with Crippen LogP contribution in [0.5, 0.6) is 0 Å². The van der Waals surface area contributed by atoms with Crippen LogP contribution in [0.3, 0.4) is 0 Å². The van der Waals surface area contributed by atoms with Gasteiger partial charge in [-0.25, -0.2) is 0 Å². The van der Waals surface area contributed by atoms with Crippen molar-refractivity contribution >= 4 is 5.91 Å². The Hall–Kier alpha value is -0.530. The average Bonchev–Trinajstić information content (AvgIpc) is 1.73. The van der Waals surface area contributed by atoms with Gasteiger partial charge in [-0.2, -0.15) is 0 Å². The van der Waals surface area contributed by atoms with Crippen molar-refractivity contribution in [3.63, 3.8) is 0 Å².